The van der Waals surface area contributed by atoms with E-state index >= 15 is 0 Å². The first-order chi connectivity index (χ1) is 12.0. The fourth-order valence-corrected chi connectivity index (χ4v) is 3.75. The Hall–Kier alpha value is -2.37. The molecule has 1 aromatic carbocycles. The summed E-state index contributed by atoms with van der Waals surface area (Å²) in [6.07, 6.45) is 2.34. The number of nitrogens with one attached hydrogen (secondary N) is 1. The average molecular weight is 328 g/mol. The largest absolute Gasteiger partial charge is 0.372 e. The number of imide groups is 1. The van der Waals surface area contributed by atoms with Gasteiger partial charge in [0, 0.05) is 38.7 Å². The lowest BCUT2D eigenvalue weighted by molar-refractivity contribution is -0.136. The number of nitrogens with zero attached hydrogens (tertiary/aromatic N) is 2. The molecule has 0 saturated carbocycles. The fraction of sp³-hybridized carbons (Fsp3) is 0.500. The van der Waals surface area contributed by atoms with Gasteiger partial charge in [0.1, 0.15) is 6.04 Å². The van der Waals surface area contributed by atoms with Crippen molar-refractivity contribution in [1.29, 1.82) is 0 Å². The van der Waals surface area contributed by atoms with E-state index in [0.717, 1.165) is 37.2 Å². The predicted octanol–water partition coefficient (Wildman–Crippen LogP) is 1.44. The molecule has 1 atom stereocenters. The van der Waals surface area contributed by atoms with E-state index in [1.54, 1.807) is 4.90 Å². The molecule has 126 valence electrons. The van der Waals surface area contributed by atoms with Crippen LogP contribution in [0.2, 0.25) is 0 Å². The zero-order chi connectivity index (χ0) is 17.6. The van der Waals surface area contributed by atoms with Gasteiger partial charge in [0.2, 0.25) is 11.8 Å². The summed E-state index contributed by atoms with van der Waals surface area (Å²) in [5.74, 6) is -0.789. The van der Waals surface area contributed by atoms with Crippen LogP contribution >= 0.6 is 0 Å². The molecule has 2 saturated heterocycles. The van der Waals surface area contributed by atoms with Crippen LogP contribution in [0.25, 0.3) is 0 Å². The molecule has 6 nitrogen and oxygen atoms in total. The molecule has 24 heavy (non-hydrogen) atoms. The topological polar surface area (TPSA) is 69.7 Å². The highest BCUT2D eigenvalue weighted by Gasteiger charge is 2.39. The minimum absolute atomic E-state index is 0.00956. The van der Waals surface area contributed by atoms with Gasteiger partial charge >= 0.3 is 0 Å². The van der Waals surface area contributed by atoms with E-state index in [4.69, 9.17) is 1.37 Å². The van der Waals surface area contributed by atoms with E-state index in [9.17, 15) is 14.4 Å². The van der Waals surface area contributed by atoms with Gasteiger partial charge in [0.05, 0.1) is 0 Å². The molecule has 0 aromatic heterocycles. The van der Waals surface area contributed by atoms with Gasteiger partial charge in [-0.1, -0.05) is 6.07 Å². The van der Waals surface area contributed by atoms with E-state index in [1.807, 2.05) is 18.2 Å². The molecule has 3 aliphatic rings. The van der Waals surface area contributed by atoms with E-state index in [2.05, 4.69) is 10.2 Å². The van der Waals surface area contributed by atoms with E-state index in [1.165, 1.54) is 0 Å². The quantitative estimate of drug-likeness (QED) is 0.834. The molecule has 3 aliphatic heterocycles. The molecule has 1 unspecified atom stereocenters. The summed E-state index contributed by atoms with van der Waals surface area (Å²) in [5.41, 5.74) is 2.58. The lowest BCUT2D eigenvalue weighted by atomic mass is 10.0. The molecule has 0 radical (unpaired) electrons. The van der Waals surface area contributed by atoms with Crippen LogP contribution in [0.1, 0.15) is 49.4 Å². The number of anilines is 1. The summed E-state index contributed by atoms with van der Waals surface area (Å²) in [6, 6.07) is 5.32. The third-order valence-corrected chi connectivity index (χ3v) is 5.08. The molecule has 6 heteroatoms. The Labute approximate surface area is 142 Å². The lowest BCUT2D eigenvalue weighted by Gasteiger charge is -2.29. The molecule has 1 aromatic rings. The summed E-state index contributed by atoms with van der Waals surface area (Å²) in [7, 11) is 0. The maximum Gasteiger partial charge on any atom is 0.255 e. The number of carbonyl (C=O) groups excluding carboxylic acids is 3. The fourth-order valence-electron chi connectivity index (χ4n) is 3.75. The Balaban J connectivity index is 1.54. The molecule has 0 spiro atoms. The summed E-state index contributed by atoms with van der Waals surface area (Å²) in [5, 5.41) is 2.32. The van der Waals surface area contributed by atoms with E-state index in [0.29, 0.717) is 18.5 Å². The van der Waals surface area contributed by atoms with Crippen molar-refractivity contribution in [3.05, 3.63) is 29.3 Å². The Morgan fingerprint density at radius 1 is 1.17 bits per heavy atom. The maximum absolute atomic E-state index is 12.8. The number of rotatable bonds is 2. The predicted molar refractivity (Wildman–Crippen MR) is 88.6 cm³/mol. The maximum atomic E-state index is 12.8. The van der Waals surface area contributed by atoms with Gasteiger partial charge in [-0.15, -0.1) is 0 Å². The minimum Gasteiger partial charge on any atom is -0.372 e. The van der Waals surface area contributed by atoms with Gasteiger partial charge in [-0.3, -0.25) is 19.7 Å². The van der Waals surface area contributed by atoms with Crippen molar-refractivity contribution >= 4 is 23.4 Å². The molecular formula is C18H21N3O3. The zero-order valence-corrected chi connectivity index (χ0v) is 13.5. The Kier molecular flexibility index (Phi) is 3.46. The van der Waals surface area contributed by atoms with Crippen molar-refractivity contribution in [3.8, 4) is 0 Å². The second-order valence-electron chi connectivity index (χ2n) is 6.59. The SMILES string of the molecule is [2H]C1CCN(c2ccc3c(c2)C(=O)N(C2CCC(=O)NC2=O)C3)CC1. The van der Waals surface area contributed by atoms with Gasteiger partial charge in [-0.05, 0) is 43.4 Å². The van der Waals surface area contributed by atoms with E-state index < -0.39 is 6.04 Å². The number of fused-ring (bicyclic) bond motifs is 1. The number of hydrogen-bond acceptors (Lipinski definition) is 4. The Morgan fingerprint density at radius 3 is 2.71 bits per heavy atom. The summed E-state index contributed by atoms with van der Waals surface area (Å²) < 4.78 is 7.80. The summed E-state index contributed by atoms with van der Waals surface area (Å²) in [4.78, 5) is 40.0. The highest BCUT2D eigenvalue weighted by Crippen LogP contribution is 2.31. The first kappa shape index (κ1) is 14.0. The minimum atomic E-state index is -0.569. The van der Waals surface area contributed by atoms with Crippen LogP contribution < -0.4 is 10.2 Å². The van der Waals surface area contributed by atoms with Crippen molar-refractivity contribution in [1.82, 2.24) is 10.2 Å². The molecule has 3 heterocycles. The second-order valence-corrected chi connectivity index (χ2v) is 6.59. The zero-order valence-electron chi connectivity index (χ0n) is 14.5. The number of benzene rings is 1. The van der Waals surface area contributed by atoms with Crippen molar-refractivity contribution < 1.29 is 15.8 Å². The number of piperidine rings is 2. The second kappa shape index (κ2) is 5.92. The standard InChI is InChI=1S/C18H21N3O3/c22-16-7-6-15(17(23)19-16)21-11-12-4-5-13(10-14(12)18(21)24)20-8-2-1-3-9-20/h4-5,10,15H,1-3,6-9,11H2,(H,19,22,23)/i1D. The molecule has 0 bridgehead atoms. The van der Waals surface area contributed by atoms with Gasteiger partial charge in [0.15, 0.2) is 0 Å². The number of hydrogen-bond donors (Lipinski definition) is 1. The van der Waals surface area contributed by atoms with E-state index in [-0.39, 0.29) is 30.5 Å². The Morgan fingerprint density at radius 2 is 1.96 bits per heavy atom. The van der Waals surface area contributed by atoms with Crippen molar-refractivity contribution in [2.45, 2.75) is 44.7 Å². The normalized spacial score (nSPS) is 25.6. The van der Waals surface area contributed by atoms with Crippen LogP contribution in [0.4, 0.5) is 5.69 Å². The third kappa shape index (κ3) is 2.56. The van der Waals surface area contributed by atoms with Crippen LogP contribution in [0.3, 0.4) is 0 Å². The monoisotopic (exact) mass is 328 g/mol. The van der Waals surface area contributed by atoms with Crippen molar-refractivity contribution in [2.75, 3.05) is 18.0 Å². The molecular weight excluding hydrogens is 306 g/mol. The van der Waals surface area contributed by atoms with Gasteiger partial charge in [-0.2, -0.15) is 0 Å². The Bertz CT molecular complexity index is 743. The van der Waals surface area contributed by atoms with Crippen molar-refractivity contribution in [2.24, 2.45) is 0 Å². The third-order valence-electron chi connectivity index (χ3n) is 5.08. The lowest BCUT2D eigenvalue weighted by Crippen LogP contribution is -2.52. The van der Waals surface area contributed by atoms with Crippen LogP contribution in [0.5, 0.6) is 0 Å². The highest BCUT2D eigenvalue weighted by atomic mass is 16.2. The van der Waals surface area contributed by atoms with Crippen molar-refractivity contribution in [3.63, 3.8) is 0 Å². The first-order valence-corrected chi connectivity index (χ1v) is 8.48. The first-order valence-electron chi connectivity index (χ1n) is 9.05. The van der Waals surface area contributed by atoms with Gasteiger partial charge in [-0.25, -0.2) is 0 Å². The molecule has 1 N–H and O–H groups in total. The summed E-state index contributed by atoms with van der Waals surface area (Å²) in [6.45, 7) is 2.07. The van der Waals surface area contributed by atoms with Gasteiger partial charge in [0.25, 0.3) is 5.91 Å². The van der Waals surface area contributed by atoms with Crippen LogP contribution in [0, 0.1) is 0 Å². The number of carbonyl (C=O) groups is 3. The van der Waals surface area contributed by atoms with Crippen LogP contribution in [-0.2, 0) is 16.1 Å². The van der Waals surface area contributed by atoms with Gasteiger partial charge < -0.3 is 9.80 Å². The molecule has 4 rings (SSSR count). The molecule has 3 amide bonds. The highest BCUT2D eigenvalue weighted by molar-refractivity contribution is 6.05. The average Bonchev–Trinajstić information content (AvgIpc) is 2.92. The molecule has 2 fully saturated rings. The number of amides is 3. The van der Waals surface area contributed by atoms with Crippen LogP contribution in [-0.4, -0.2) is 41.8 Å². The summed E-state index contributed by atoms with van der Waals surface area (Å²) >= 11 is 0. The molecule has 0 aliphatic carbocycles. The smallest absolute Gasteiger partial charge is 0.255 e. The van der Waals surface area contributed by atoms with Crippen LogP contribution in [0.15, 0.2) is 18.2 Å².